The van der Waals surface area contributed by atoms with Gasteiger partial charge in [-0.2, -0.15) is 4.98 Å². The summed E-state index contributed by atoms with van der Waals surface area (Å²) in [6, 6.07) is 8.32. The maximum atomic E-state index is 11.7. The molecule has 9 heteroatoms. The van der Waals surface area contributed by atoms with Crippen LogP contribution in [-0.2, 0) is 11.8 Å². The van der Waals surface area contributed by atoms with Crippen LogP contribution in [0.3, 0.4) is 0 Å². The van der Waals surface area contributed by atoms with Crippen LogP contribution < -0.4 is 10.6 Å². The van der Waals surface area contributed by atoms with E-state index in [1.54, 1.807) is 54.3 Å². The number of carbonyl (C=O) groups is 1. The summed E-state index contributed by atoms with van der Waals surface area (Å²) in [6.45, 7) is 0. The Morgan fingerprint density at radius 1 is 1.27 bits per heavy atom. The zero-order valence-electron chi connectivity index (χ0n) is 14.0. The maximum absolute atomic E-state index is 11.7. The number of methoxy groups -OCH3 is 1. The minimum absolute atomic E-state index is 0.144. The zero-order chi connectivity index (χ0) is 18.7. The van der Waals surface area contributed by atoms with Crippen LogP contribution in [0.25, 0.3) is 0 Å². The number of hydrogen-bond acceptors (Lipinski definition) is 7. The number of benzene rings is 1. The molecule has 26 heavy (non-hydrogen) atoms. The van der Waals surface area contributed by atoms with E-state index in [4.69, 9.17) is 4.74 Å². The number of phenols is 1. The Balaban J connectivity index is 1.83. The van der Waals surface area contributed by atoms with E-state index in [1.165, 1.54) is 7.11 Å². The van der Waals surface area contributed by atoms with Crippen molar-refractivity contribution in [2.24, 2.45) is 7.05 Å². The second-order valence-electron chi connectivity index (χ2n) is 5.41. The Kier molecular flexibility index (Phi) is 5.08. The van der Waals surface area contributed by atoms with Crippen LogP contribution in [0.5, 0.6) is 5.75 Å². The molecule has 2 heterocycles. The van der Waals surface area contributed by atoms with E-state index >= 15 is 0 Å². The Hall–Kier alpha value is -3.07. The van der Waals surface area contributed by atoms with Crippen molar-refractivity contribution in [2.45, 2.75) is 0 Å². The molecule has 3 N–H and O–H groups in total. The first-order valence-electron chi connectivity index (χ1n) is 7.56. The van der Waals surface area contributed by atoms with Gasteiger partial charge in [0.15, 0.2) is 0 Å². The smallest absolute Gasteiger partial charge is 0.354 e. The molecule has 3 aromatic rings. The lowest BCUT2D eigenvalue weighted by Gasteiger charge is -2.09. The summed E-state index contributed by atoms with van der Waals surface area (Å²) in [5.41, 5.74) is 1.75. The molecule has 0 radical (unpaired) electrons. The summed E-state index contributed by atoms with van der Waals surface area (Å²) in [6.07, 6.45) is 3.35. The van der Waals surface area contributed by atoms with Gasteiger partial charge in [-0.1, -0.05) is 6.07 Å². The highest BCUT2D eigenvalue weighted by Gasteiger charge is 2.13. The molecule has 0 unspecified atom stereocenters. The molecular formula is C17H16BrN5O3. The van der Waals surface area contributed by atoms with Crippen molar-refractivity contribution < 1.29 is 14.6 Å². The monoisotopic (exact) mass is 417 g/mol. The number of aryl methyl sites for hydroxylation is 1. The number of nitrogens with zero attached hydrogens (tertiary/aromatic N) is 3. The number of carbonyl (C=O) groups excluding carboxylic acids is 1. The van der Waals surface area contributed by atoms with Crippen LogP contribution in [-0.4, -0.2) is 32.7 Å². The summed E-state index contributed by atoms with van der Waals surface area (Å²) < 4.78 is 7.06. The first-order valence-corrected chi connectivity index (χ1v) is 8.36. The second-order valence-corrected chi connectivity index (χ2v) is 6.26. The minimum Gasteiger partial charge on any atom is -0.508 e. The highest BCUT2D eigenvalue weighted by Crippen LogP contribution is 2.27. The maximum Gasteiger partial charge on any atom is 0.354 e. The highest BCUT2D eigenvalue weighted by atomic mass is 79.9. The van der Waals surface area contributed by atoms with E-state index in [1.807, 2.05) is 0 Å². The van der Waals surface area contributed by atoms with E-state index in [-0.39, 0.29) is 5.75 Å². The normalized spacial score (nSPS) is 10.4. The van der Waals surface area contributed by atoms with E-state index in [2.05, 4.69) is 36.5 Å². The second kappa shape index (κ2) is 7.44. The number of aromatic hydroxyl groups is 1. The van der Waals surface area contributed by atoms with Gasteiger partial charge in [-0.25, -0.2) is 9.78 Å². The number of esters is 1. The Morgan fingerprint density at radius 2 is 2.08 bits per heavy atom. The van der Waals surface area contributed by atoms with Gasteiger partial charge in [-0.3, -0.25) is 0 Å². The van der Waals surface area contributed by atoms with Crippen molar-refractivity contribution in [1.29, 1.82) is 0 Å². The van der Waals surface area contributed by atoms with Crippen LogP contribution >= 0.6 is 15.9 Å². The molecule has 0 bridgehead atoms. The van der Waals surface area contributed by atoms with Gasteiger partial charge in [0.05, 0.1) is 17.3 Å². The summed E-state index contributed by atoms with van der Waals surface area (Å²) in [4.78, 5) is 20.3. The van der Waals surface area contributed by atoms with Crippen molar-refractivity contribution in [1.82, 2.24) is 14.5 Å². The summed E-state index contributed by atoms with van der Waals surface area (Å²) in [5.74, 6) is 0.591. The number of halogens is 1. The fourth-order valence-corrected chi connectivity index (χ4v) is 2.60. The van der Waals surface area contributed by atoms with E-state index in [0.29, 0.717) is 33.3 Å². The molecule has 0 aliphatic rings. The summed E-state index contributed by atoms with van der Waals surface area (Å²) in [7, 11) is 3.09. The first kappa shape index (κ1) is 17.7. The average Bonchev–Trinajstić information content (AvgIpc) is 2.97. The molecule has 0 spiro atoms. The van der Waals surface area contributed by atoms with E-state index in [0.717, 1.165) is 0 Å². The predicted molar refractivity (Wildman–Crippen MR) is 101 cm³/mol. The highest BCUT2D eigenvalue weighted by molar-refractivity contribution is 9.10. The van der Waals surface area contributed by atoms with Gasteiger partial charge in [0.25, 0.3) is 0 Å². The van der Waals surface area contributed by atoms with Crippen LogP contribution in [0, 0.1) is 0 Å². The number of anilines is 4. The number of aromatic nitrogens is 3. The molecule has 2 aromatic heterocycles. The molecule has 0 fully saturated rings. The van der Waals surface area contributed by atoms with Gasteiger partial charge in [0, 0.05) is 31.2 Å². The third-order valence-corrected chi connectivity index (χ3v) is 4.09. The Bertz CT molecular complexity index is 957. The Labute approximate surface area is 158 Å². The van der Waals surface area contributed by atoms with Crippen molar-refractivity contribution in [3.05, 3.63) is 52.9 Å². The third kappa shape index (κ3) is 3.94. The number of ether oxygens (including phenoxy) is 1. The third-order valence-electron chi connectivity index (χ3n) is 3.51. The lowest BCUT2D eigenvalue weighted by atomic mass is 10.3. The molecule has 0 atom stereocenters. The zero-order valence-corrected chi connectivity index (χ0v) is 15.6. The molecule has 1 aromatic carbocycles. The van der Waals surface area contributed by atoms with Gasteiger partial charge >= 0.3 is 5.97 Å². The van der Waals surface area contributed by atoms with Gasteiger partial charge in [0.1, 0.15) is 17.3 Å². The lowest BCUT2D eigenvalue weighted by Crippen LogP contribution is -2.06. The van der Waals surface area contributed by atoms with Crippen LogP contribution in [0.4, 0.5) is 23.1 Å². The van der Waals surface area contributed by atoms with E-state index in [9.17, 15) is 9.90 Å². The fourth-order valence-electron chi connectivity index (χ4n) is 2.30. The largest absolute Gasteiger partial charge is 0.508 e. The van der Waals surface area contributed by atoms with Crippen LogP contribution in [0.15, 0.2) is 47.2 Å². The fraction of sp³-hybridized carbons (Fsp3) is 0.118. The average molecular weight is 418 g/mol. The number of hydrogen-bond donors (Lipinski definition) is 3. The quantitative estimate of drug-likeness (QED) is 0.545. The van der Waals surface area contributed by atoms with Crippen LogP contribution in [0.2, 0.25) is 0 Å². The topological polar surface area (TPSA) is 101 Å². The molecule has 0 amide bonds. The van der Waals surface area contributed by atoms with Crippen LogP contribution in [0.1, 0.15) is 10.5 Å². The standard InChI is InChI=1S/C17H16BrN5O3/c1-23-9-11(7-14(23)16(25)26-2)20-15-13(18)8-19-17(22-15)21-10-4-3-5-12(24)6-10/h3-9,24H,1-2H3,(H2,19,20,21,22). The molecule has 0 saturated heterocycles. The van der Waals surface area contributed by atoms with Crippen molar-refractivity contribution in [2.75, 3.05) is 17.7 Å². The van der Waals surface area contributed by atoms with Crippen molar-refractivity contribution in [3.63, 3.8) is 0 Å². The summed E-state index contributed by atoms with van der Waals surface area (Å²) >= 11 is 3.40. The van der Waals surface area contributed by atoms with E-state index < -0.39 is 5.97 Å². The van der Waals surface area contributed by atoms with Crippen molar-refractivity contribution in [3.8, 4) is 5.75 Å². The first-order chi connectivity index (χ1) is 12.5. The number of rotatable bonds is 5. The molecule has 3 rings (SSSR count). The molecule has 0 aliphatic heterocycles. The predicted octanol–water partition coefficient (Wildman–Crippen LogP) is 3.56. The minimum atomic E-state index is -0.423. The van der Waals surface area contributed by atoms with Gasteiger partial charge in [0.2, 0.25) is 5.95 Å². The molecular weight excluding hydrogens is 402 g/mol. The summed E-state index contributed by atoms with van der Waals surface area (Å²) in [5, 5.41) is 15.7. The number of phenolic OH excluding ortho intramolecular Hbond substituents is 1. The number of nitrogens with one attached hydrogen (secondary N) is 2. The molecule has 0 saturated carbocycles. The van der Waals surface area contributed by atoms with Gasteiger partial charge in [-0.05, 0) is 34.1 Å². The lowest BCUT2D eigenvalue weighted by molar-refractivity contribution is 0.0590. The Morgan fingerprint density at radius 3 is 2.81 bits per heavy atom. The van der Waals surface area contributed by atoms with Crippen molar-refractivity contribution >= 4 is 45.0 Å². The van der Waals surface area contributed by atoms with Gasteiger partial charge in [-0.15, -0.1) is 0 Å². The molecule has 0 aliphatic carbocycles. The SMILES string of the molecule is COC(=O)c1cc(Nc2nc(Nc3cccc(O)c3)ncc2Br)cn1C. The van der Waals surface area contributed by atoms with Gasteiger partial charge < -0.3 is 25.0 Å². The molecule has 8 nitrogen and oxygen atoms in total. The molecule has 134 valence electrons.